The van der Waals surface area contributed by atoms with E-state index < -0.39 is 0 Å². The SMILES string of the molecule is C=CC(C)OC(=O)CCCCCCCCCCCCC. The van der Waals surface area contributed by atoms with Crippen molar-refractivity contribution in [3.8, 4) is 0 Å². The van der Waals surface area contributed by atoms with E-state index >= 15 is 0 Å². The summed E-state index contributed by atoms with van der Waals surface area (Å²) in [6.45, 7) is 7.69. The summed E-state index contributed by atoms with van der Waals surface area (Å²) in [5.41, 5.74) is 0. The molecule has 0 saturated carbocycles. The lowest BCUT2D eigenvalue weighted by atomic mass is 10.1. The monoisotopic (exact) mass is 282 g/mol. The fraction of sp³-hybridized carbons (Fsp3) is 0.833. The van der Waals surface area contributed by atoms with Crippen molar-refractivity contribution in [3.05, 3.63) is 12.7 Å². The predicted molar refractivity (Wildman–Crippen MR) is 86.8 cm³/mol. The molecule has 0 aromatic rings. The molecular formula is C18H34O2. The van der Waals surface area contributed by atoms with Crippen LogP contribution >= 0.6 is 0 Å². The van der Waals surface area contributed by atoms with E-state index in [2.05, 4.69) is 13.5 Å². The first kappa shape index (κ1) is 19.2. The molecule has 0 amide bonds. The van der Waals surface area contributed by atoms with Crippen molar-refractivity contribution < 1.29 is 9.53 Å². The van der Waals surface area contributed by atoms with E-state index in [1.807, 2.05) is 6.92 Å². The van der Waals surface area contributed by atoms with Gasteiger partial charge in [-0.3, -0.25) is 4.79 Å². The molecule has 0 fully saturated rings. The lowest BCUT2D eigenvalue weighted by Gasteiger charge is -2.08. The minimum atomic E-state index is -0.157. The zero-order valence-corrected chi connectivity index (χ0v) is 13.7. The van der Waals surface area contributed by atoms with Crippen molar-refractivity contribution in [2.45, 2.75) is 97.0 Å². The Hall–Kier alpha value is -0.790. The maximum atomic E-state index is 11.4. The first-order chi connectivity index (χ1) is 9.70. The maximum Gasteiger partial charge on any atom is 0.306 e. The van der Waals surface area contributed by atoms with Gasteiger partial charge in [0, 0.05) is 6.42 Å². The van der Waals surface area contributed by atoms with Gasteiger partial charge in [-0.1, -0.05) is 83.8 Å². The zero-order chi connectivity index (χ0) is 15.1. The predicted octanol–water partition coefficient (Wildman–Crippen LogP) is 5.81. The first-order valence-corrected chi connectivity index (χ1v) is 8.52. The van der Waals surface area contributed by atoms with E-state index in [1.54, 1.807) is 6.08 Å². The maximum absolute atomic E-state index is 11.4. The lowest BCUT2D eigenvalue weighted by Crippen LogP contribution is -2.11. The number of rotatable bonds is 14. The third-order valence-electron chi connectivity index (χ3n) is 3.63. The normalized spacial score (nSPS) is 12.1. The van der Waals surface area contributed by atoms with E-state index in [0.717, 1.165) is 12.8 Å². The molecule has 2 heteroatoms. The molecule has 1 unspecified atom stereocenters. The highest BCUT2D eigenvalue weighted by molar-refractivity contribution is 5.69. The van der Waals surface area contributed by atoms with Gasteiger partial charge < -0.3 is 4.74 Å². The number of hydrogen-bond acceptors (Lipinski definition) is 2. The third-order valence-corrected chi connectivity index (χ3v) is 3.63. The van der Waals surface area contributed by atoms with Gasteiger partial charge in [0.1, 0.15) is 6.10 Å². The minimum Gasteiger partial charge on any atom is -0.458 e. The molecule has 0 rings (SSSR count). The molecule has 0 radical (unpaired) electrons. The number of hydrogen-bond donors (Lipinski definition) is 0. The minimum absolute atomic E-state index is 0.0895. The fourth-order valence-electron chi connectivity index (χ4n) is 2.25. The van der Waals surface area contributed by atoms with Gasteiger partial charge in [-0.15, -0.1) is 0 Å². The average Bonchev–Trinajstić information content (AvgIpc) is 2.44. The molecule has 118 valence electrons. The number of ether oxygens (including phenoxy) is 1. The van der Waals surface area contributed by atoms with Crippen LogP contribution < -0.4 is 0 Å². The van der Waals surface area contributed by atoms with Crippen LogP contribution in [0.1, 0.15) is 90.9 Å². The molecule has 0 aromatic carbocycles. The Labute approximate surface area is 126 Å². The smallest absolute Gasteiger partial charge is 0.306 e. The summed E-state index contributed by atoms with van der Waals surface area (Å²) < 4.78 is 5.13. The zero-order valence-electron chi connectivity index (χ0n) is 13.7. The second-order valence-electron chi connectivity index (χ2n) is 5.72. The molecule has 0 saturated heterocycles. The Bertz CT molecular complexity index is 236. The van der Waals surface area contributed by atoms with E-state index in [-0.39, 0.29) is 12.1 Å². The summed E-state index contributed by atoms with van der Waals surface area (Å²) >= 11 is 0. The summed E-state index contributed by atoms with van der Waals surface area (Å²) in [5, 5.41) is 0. The molecule has 0 N–H and O–H groups in total. The van der Waals surface area contributed by atoms with Gasteiger partial charge in [0.05, 0.1) is 0 Å². The summed E-state index contributed by atoms with van der Waals surface area (Å²) in [6.07, 6.45) is 16.4. The van der Waals surface area contributed by atoms with Crippen LogP contribution in [0.3, 0.4) is 0 Å². The molecule has 0 aliphatic heterocycles. The third kappa shape index (κ3) is 13.6. The van der Waals surface area contributed by atoms with Gasteiger partial charge in [0.2, 0.25) is 0 Å². The topological polar surface area (TPSA) is 26.3 Å². The van der Waals surface area contributed by atoms with Gasteiger partial charge in [-0.05, 0) is 13.3 Å². The highest BCUT2D eigenvalue weighted by atomic mass is 16.5. The van der Waals surface area contributed by atoms with Crippen LogP contribution in [0.4, 0.5) is 0 Å². The van der Waals surface area contributed by atoms with Crippen LogP contribution in [0.5, 0.6) is 0 Å². The van der Waals surface area contributed by atoms with Crippen molar-refractivity contribution in [1.29, 1.82) is 0 Å². The fourth-order valence-corrected chi connectivity index (χ4v) is 2.25. The molecule has 2 nitrogen and oxygen atoms in total. The van der Waals surface area contributed by atoms with Crippen molar-refractivity contribution in [1.82, 2.24) is 0 Å². The van der Waals surface area contributed by atoms with E-state index in [9.17, 15) is 4.79 Å². The van der Waals surface area contributed by atoms with Crippen LogP contribution in [-0.4, -0.2) is 12.1 Å². The molecule has 0 aliphatic rings. The molecular weight excluding hydrogens is 248 g/mol. The Morgan fingerprint density at radius 2 is 1.40 bits per heavy atom. The second kappa shape index (κ2) is 14.6. The standard InChI is InChI=1S/C18H34O2/c1-4-6-7-8-9-10-11-12-13-14-15-16-18(19)20-17(3)5-2/h5,17H,2,4,6-16H2,1,3H3. The van der Waals surface area contributed by atoms with Crippen molar-refractivity contribution in [2.24, 2.45) is 0 Å². The molecule has 0 aliphatic carbocycles. The molecule has 20 heavy (non-hydrogen) atoms. The Kier molecular flexibility index (Phi) is 14.0. The molecule has 0 aromatic heterocycles. The van der Waals surface area contributed by atoms with Crippen LogP contribution in [0, 0.1) is 0 Å². The quantitative estimate of drug-likeness (QED) is 0.228. The number of esters is 1. The van der Waals surface area contributed by atoms with Crippen LogP contribution in [-0.2, 0) is 9.53 Å². The van der Waals surface area contributed by atoms with Gasteiger partial charge in [-0.2, -0.15) is 0 Å². The number of carbonyl (C=O) groups is 1. The van der Waals surface area contributed by atoms with Crippen LogP contribution in [0.2, 0.25) is 0 Å². The molecule has 0 heterocycles. The van der Waals surface area contributed by atoms with Crippen molar-refractivity contribution in [3.63, 3.8) is 0 Å². The first-order valence-electron chi connectivity index (χ1n) is 8.52. The summed E-state index contributed by atoms with van der Waals surface area (Å²) in [4.78, 5) is 11.4. The second-order valence-corrected chi connectivity index (χ2v) is 5.72. The van der Waals surface area contributed by atoms with Crippen LogP contribution in [0.15, 0.2) is 12.7 Å². The van der Waals surface area contributed by atoms with Crippen molar-refractivity contribution >= 4 is 5.97 Å². The van der Waals surface area contributed by atoms with E-state index in [1.165, 1.54) is 57.8 Å². The summed E-state index contributed by atoms with van der Waals surface area (Å²) in [6, 6.07) is 0. The highest BCUT2D eigenvalue weighted by Crippen LogP contribution is 2.12. The lowest BCUT2D eigenvalue weighted by molar-refractivity contribution is -0.146. The van der Waals surface area contributed by atoms with Gasteiger partial charge >= 0.3 is 5.97 Å². The van der Waals surface area contributed by atoms with Gasteiger partial charge in [0.25, 0.3) is 0 Å². The Morgan fingerprint density at radius 3 is 1.85 bits per heavy atom. The van der Waals surface area contributed by atoms with Gasteiger partial charge in [0.15, 0.2) is 0 Å². The Balaban J connectivity index is 3.16. The molecule has 0 spiro atoms. The number of unbranched alkanes of at least 4 members (excludes halogenated alkanes) is 10. The van der Waals surface area contributed by atoms with Crippen molar-refractivity contribution in [2.75, 3.05) is 0 Å². The summed E-state index contributed by atoms with van der Waals surface area (Å²) in [5.74, 6) is -0.0895. The molecule has 0 bridgehead atoms. The number of carbonyl (C=O) groups excluding carboxylic acids is 1. The van der Waals surface area contributed by atoms with E-state index in [0.29, 0.717) is 6.42 Å². The average molecular weight is 282 g/mol. The van der Waals surface area contributed by atoms with Gasteiger partial charge in [-0.25, -0.2) is 0 Å². The largest absolute Gasteiger partial charge is 0.458 e. The Morgan fingerprint density at radius 1 is 0.950 bits per heavy atom. The molecule has 1 atom stereocenters. The van der Waals surface area contributed by atoms with E-state index in [4.69, 9.17) is 4.74 Å². The van der Waals surface area contributed by atoms with Crippen LogP contribution in [0.25, 0.3) is 0 Å². The summed E-state index contributed by atoms with van der Waals surface area (Å²) in [7, 11) is 0. The highest BCUT2D eigenvalue weighted by Gasteiger charge is 2.05.